The first-order valence-electron chi connectivity index (χ1n) is 8.75. The number of ether oxygens (including phenoxy) is 1. The third-order valence-electron chi connectivity index (χ3n) is 3.70. The van der Waals surface area contributed by atoms with E-state index >= 15 is 0 Å². The zero-order valence-corrected chi connectivity index (χ0v) is 17.5. The summed E-state index contributed by atoms with van der Waals surface area (Å²) < 4.78 is 32.1. The highest BCUT2D eigenvalue weighted by Gasteiger charge is 2.26. The summed E-state index contributed by atoms with van der Waals surface area (Å²) in [5.41, 5.74) is 0.658. The minimum absolute atomic E-state index is 0.00675. The van der Waals surface area contributed by atoms with E-state index in [1.54, 1.807) is 6.92 Å². The number of carbonyl (C=O) groups is 2. The predicted octanol–water partition coefficient (Wildman–Crippen LogP) is 5.67. The van der Waals surface area contributed by atoms with Crippen LogP contribution in [0.2, 0.25) is 10.3 Å². The average molecular weight is 432 g/mol. The van der Waals surface area contributed by atoms with Gasteiger partial charge in [0, 0.05) is 17.5 Å². The quantitative estimate of drug-likeness (QED) is 0.335. The SMILES string of the molecule is CC.CCOC(=O)C(=O)C(C)Cc1c(-c2ccc(F)cc2F)cc(Cl)nc1Cl. The zero-order valence-electron chi connectivity index (χ0n) is 16.0. The first-order valence-corrected chi connectivity index (χ1v) is 9.51. The standard InChI is InChI=1S/C18H15Cl2F2NO3.C2H6/c1-3-26-18(25)16(24)9(2)6-13-12(8-15(19)23-17(13)20)11-5-4-10(21)7-14(11)22;1-2/h4-5,7-9H,3,6H2,1-2H3;1-2H3. The third-order valence-corrected chi connectivity index (χ3v) is 4.20. The van der Waals surface area contributed by atoms with E-state index < -0.39 is 29.3 Å². The molecule has 0 aliphatic heterocycles. The third kappa shape index (κ3) is 5.97. The average Bonchev–Trinajstić information content (AvgIpc) is 2.65. The van der Waals surface area contributed by atoms with Gasteiger partial charge in [-0.2, -0.15) is 0 Å². The number of nitrogens with zero attached hydrogens (tertiary/aromatic N) is 1. The second-order valence-corrected chi connectivity index (χ2v) is 6.32. The second kappa shape index (κ2) is 11.1. The molecule has 4 nitrogen and oxygen atoms in total. The Hall–Kier alpha value is -2.05. The summed E-state index contributed by atoms with van der Waals surface area (Å²) in [4.78, 5) is 27.6. The summed E-state index contributed by atoms with van der Waals surface area (Å²) in [6.45, 7) is 7.19. The van der Waals surface area contributed by atoms with Crippen molar-refractivity contribution in [3.8, 4) is 11.1 Å². The molecular weight excluding hydrogens is 411 g/mol. The molecule has 2 aromatic rings. The highest BCUT2D eigenvalue weighted by molar-refractivity contribution is 6.35. The number of pyridine rings is 1. The van der Waals surface area contributed by atoms with Crippen molar-refractivity contribution in [2.45, 2.75) is 34.1 Å². The van der Waals surface area contributed by atoms with Crippen LogP contribution in [0.15, 0.2) is 24.3 Å². The van der Waals surface area contributed by atoms with Crippen LogP contribution in [0, 0.1) is 17.6 Å². The maximum Gasteiger partial charge on any atom is 0.374 e. The number of hydrogen-bond donors (Lipinski definition) is 0. The van der Waals surface area contributed by atoms with Gasteiger partial charge >= 0.3 is 5.97 Å². The number of Topliss-reactive ketones (excluding diaryl/α,β-unsaturated/α-hetero) is 1. The molecule has 0 spiro atoms. The van der Waals surface area contributed by atoms with Crippen LogP contribution >= 0.6 is 23.2 Å². The van der Waals surface area contributed by atoms with E-state index in [0.717, 1.165) is 12.1 Å². The van der Waals surface area contributed by atoms with Crippen molar-refractivity contribution in [3.63, 3.8) is 0 Å². The molecule has 1 atom stereocenters. The van der Waals surface area contributed by atoms with Gasteiger partial charge in [-0.05, 0) is 42.7 Å². The molecule has 152 valence electrons. The monoisotopic (exact) mass is 431 g/mol. The van der Waals surface area contributed by atoms with E-state index in [4.69, 9.17) is 27.9 Å². The minimum atomic E-state index is -0.951. The normalized spacial score (nSPS) is 11.3. The highest BCUT2D eigenvalue weighted by atomic mass is 35.5. The molecule has 0 amide bonds. The Kier molecular flexibility index (Phi) is 9.49. The molecule has 0 aliphatic rings. The van der Waals surface area contributed by atoms with Crippen LogP contribution in [0.3, 0.4) is 0 Å². The van der Waals surface area contributed by atoms with E-state index in [9.17, 15) is 18.4 Å². The smallest absolute Gasteiger partial charge is 0.374 e. The molecule has 0 aliphatic carbocycles. The van der Waals surface area contributed by atoms with Crippen LogP contribution in [0.5, 0.6) is 0 Å². The van der Waals surface area contributed by atoms with E-state index in [2.05, 4.69) is 4.98 Å². The second-order valence-electron chi connectivity index (χ2n) is 5.58. The molecule has 0 N–H and O–H groups in total. The lowest BCUT2D eigenvalue weighted by molar-refractivity contribution is -0.155. The van der Waals surface area contributed by atoms with Crippen LogP contribution in [-0.2, 0) is 20.7 Å². The number of benzene rings is 1. The number of hydrogen-bond acceptors (Lipinski definition) is 4. The van der Waals surface area contributed by atoms with E-state index in [1.165, 1.54) is 19.1 Å². The molecule has 1 aromatic carbocycles. The lowest BCUT2D eigenvalue weighted by atomic mass is 9.92. The van der Waals surface area contributed by atoms with Gasteiger partial charge in [-0.1, -0.05) is 44.0 Å². The van der Waals surface area contributed by atoms with Gasteiger partial charge in [-0.25, -0.2) is 18.6 Å². The minimum Gasteiger partial charge on any atom is -0.460 e. The van der Waals surface area contributed by atoms with Gasteiger partial charge in [-0.15, -0.1) is 0 Å². The van der Waals surface area contributed by atoms with Crippen LogP contribution < -0.4 is 0 Å². The Morgan fingerprint density at radius 1 is 1.14 bits per heavy atom. The molecule has 1 aromatic heterocycles. The van der Waals surface area contributed by atoms with E-state index in [0.29, 0.717) is 5.56 Å². The summed E-state index contributed by atoms with van der Waals surface area (Å²) in [7, 11) is 0. The van der Waals surface area contributed by atoms with Gasteiger partial charge in [-0.3, -0.25) is 4.79 Å². The van der Waals surface area contributed by atoms with Crippen LogP contribution in [0.4, 0.5) is 8.78 Å². The number of aromatic nitrogens is 1. The van der Waals surface area contributed by atoms with Crippen molar-refractivity contribution in [1.82, 2.24) is 4.98 Å². The summed E-state index contributed by atoms with van der Waals surface area (Å²) in [5.74, 6) is -4.01. The molecule has 0 saturated carbocycles. The van der Waals surface area contributed by atoms with Gasteiger partial charge in [0.15, 0.2) is 0 Å². The molecule has 2 rings (SSSR count). The number of rotatable bonds is 6. The highest BCUT2D eigenvalue weighted by Crippen LogP contribution is 2.34. The Morgan fingerprint density at radius 2 is 1.79 bits per heavy atom. The summed E-state index contributed by atoms with van der Waals surface area (Å²) in [6, 6.07) is 4.45. The maximum absolute atomic E-state index is 14.2. The van der Waals surface area contributed by atoms with E-state index in [-0.39, 0.29) is 34.5 Å². The Morgan fingerprint density at radius 3 is 2.36 bits per heavy atom. The van der Waals surface area contributed by atoms with E-state index in [1.807, 2.05) is 13.8 Å². The van der Waals surface area contributed by atoms with Gasteiger partial charge in [0.25, 0.3) is 0 Å². The molecule has 0 saturated heterocycles. The van der Waals surface area contributed by atoms with Crippen molar-refractivity contribution in [1.29, 1.82) is 0 Å². The maximum atomic E-state index is 14.2. The molecular formula is C20H21Cl2F2NO3. The fourth-order valence-corrected chi connectivity index (χ4v) is 2.96. The molecule has 0 radical (unpaired) electrons. The van der Waals surface area contributed by atoms with Crippen LogP contribution in [0.1, 0.15) is 33.3 Å². The van der Waals surface area contributed by atoms with Crippen molar-refractivity contribution in [2.24, 2.45) is 5.92 Å². The summed E-state index contributed by atoms with van der Waals surface area (Å²) >= 11 is 12.1. The summed E-state index contributed by atoms with van der Waals surface area (Å²) in [5, 5.41) is -0.0124. The van der Waals surface area contributed by atoms with Crippen LogP contribution in [-0.4, -0.2) is 23.3 Å². The van der Waals surface area contributed by atoms with Gasteiger partial charge in [0.05, 0.1) is 6.61 Å². The molecule has 1 heterocycles. The van der Waals surface area contributed by atoms with Crippen molar-refractivity contribution >= 4 is 35.0 Å². The van der Waals surface area contributed by atoms with Crippen molar-refractivity contribution < 1.29 is 23.1 Å². The molecule has 1 unspecified atom stereocenters. The number of halogens is 4. The fourth-order valence-electron chi connectivity index (χ4n) is 2.46. The fraction of sp³-hybridized carbons (Fsp3) is 0.350. The van der Waals surface area contributed by atoms with Crippen LogP contribution in [0.25, 0.3) is 11.1 Å². The Balaban J connectivity index is 0.00000190. The Bertz CT molecular complexity index is 860. The zero-order chi connectivity index (χ0) is 21.4. The van der Waals surface area contributed by atoms with Gasteiger partial charge in [0.1, 0.15) is 21.9 Å². The largest absolute Gasteiger partial charge is 0.460 e. The first kappa shape index (κ1) is 24.0. The van der Waals surface area contributed by atoms with Gasteiger partial charge in [0.2, 0.25) is 5.78 Å². The summed E-state index contributed by atoms with van der Waals surface area (Å²) in [6.07, 6.45) is 0.00675. The number of carbonyl (C=O) groups excluding carboxylic acids is 2. The first-order chi connectivity index (χ1) is 13.2. The van der Waals surface area contributed by atoms with Crippen molar-refractivity contribution in [2.75, 3.05) is 6.61 Å². The van der Waals surface area contributed by atoms with Crippen molar-refractivity contribution in [3.05, 3.63) is 51.8 Å². The Labute approximate surface area is 172 Å². The number of ketones is 1. The molecule has 0 bridgehead atoms. The molecule has 8 heteroatoms. The van der Waals surface area contributed by atoms with Gasteiger partial charge < -0.3 is 4.74 Å². The number of esters is 1. The molecule has 0 fully saturated rings. The lowest BCUT2D eigenvalue weighted by Crippen LogP contribution is -2.25. The molecule has 28 heavy (non-hydrogen) atoms. The lowest BCUT2D eigenvalue weighted by Gasteiger charge is -2.16. The topological polar surface area (TPSA) is 56.3 Å². The predicted molar refractivity (Wildman–Crippen MR) is 105 cm³/mol.